The second kappa shape index (κ2) is 7.32. The van der Waals surface area contributed by atoms with Crippen molar-refractivity contribution in [3.63, 3.8) is 0 Å². The van der Waals surface area contributed by atoms with Crippen molar-refractivity contribution >= 4 is 27.5 Å². The molecular formula is C25H33BrO6. The Balaban J connectivity index is 1.60. The number of rotatable bonds is 4. The van der Waals surface area contributed by atoms with E-state index in [9.17, 15) is 19.8 Å². The number of carbonyl (C=O) groups is 2. The van der Waals surface area contributed by atoms with Gasteiger partial charge < -0.3 is 19.7 Å². The summed E-state index contributed by atoms with van der Waals surface area (Å²) in [5, 5.41) is 21.7. The molecule has 0 amide bonds. The monoisotopic (exact) mass is 508 g/mol. The summed E-state index contributed by atoms with van der Waals surface area (Å²) < 4.78 is 12.0. The first-order valence-electron chi connectivity index (χ1n) is 11.9. The summed E-state index contributed by atoms with van der Waals surface area (Å²) in [4.78, 5) is 25.4. The van der Waals surface area contributed by atoms with E-state index in [1.807, 2.05) is 19.9 Å². The van der Waals surface area contributed by atoms with Gasteiger partial charge in [-0.2, -0.15) is 0 Å². The maximum absolute atomic E-state index is 13.3. The Kier molecular flexibility index (Phi) is 5.24. The van der Waals surface area contributed by atoms with Gasteiger partial charge in [0, 0.05) is 10.8 Å². The zero-order chi connectivity index (χ0) is 23.1. The van der Waals surface area contributed by atoms with Crippen molar-refractivity contribution < 1.29 is 29.3 Å². The molecule has 6 nitrogen and oxygen atoms in total. The molecule has 0 aromatic heterocycles. The minimum Gasteiger partial charge on any atom is -0.392 e. The summed E-state index contributed by atoms with van der Waals surface area (Å²) in [5.41, 5.74) is -1.34. The standard InChI is InChI=1S/C25H33BrO6/c1-4-5-21-31-20-11-17-16-7-6-14-10-15(28)8-9-22(14,2)24(16,26)18(29)12-23(17,3)25(20,32-21)19(30)13-27/h8-10,16-18,20-21,27,29H,4-7,11-13H2,1-3H3/t16-,17-,18-,20+,21?,22-,23-,24-,25-/m0/s1. The molecule has 176 valence electrons. The quantitative estimate of drug-likeness (QED) is 0.566. The number of carbonyl (C=O) groups excluding carboxylic acids is 2. The lowest BCUT2D eigenvalue weighted by Crippen LogP contribution is -2.69. The minimum absolute atomic E-state index is 0.00572. The second-order valence-electron chi connectivity index (χ2n) is 10.8. The van der Waals surface area contributed by atoms with Crippen LogP contribution in [0.5, 0.6) is 0 Å². The Morgan fingerprint density at radius 2 is 2.06 bits per heavy atom. The number of hydrogen-bond donors (Lipinski definition) is 2. The van der Waals surface area contributed by atoms with Crippen molar-refractivity contribution in [1.29, 1.82) is 0 Å². The van der Waals surface area contributed by atoms with E-state index in [1.165, 1.54) is 0 Å². The minimum atomic E-state index is -1.24. The van der Waals surface area contributed by atoms with Crippen molar-refractivity contribution in [3.05, 3.63) is 23.8 Å². The Hall–Kier alpha value is -0.860. The summed E-state index contributed by atoms with van der Waals surface area (Å²) in [6.45, 7) is 5.60. The molecule has 5 aliphatic rings. The first-order chi connectivity index (χ1) is 15.1. The lowest BCUT2D eigenvalue weighted by atomic mass is 9.46. The highest BCUT2D eigenvalue weighted by atomic mass is 79.9. The predicted octanol–water partition coefficient (Wildman–Crippen LogP) is 3.23. The third-order valence-corrected chi connectivity index (χ3v) is 11.5. The molecule has 0 bridgehead atoms. The average Bonchev–Trinajstić information content (AvgIpc) is 3.22. The maximum Gasteiger partial charge on any atom is 0.193 e. The Morgan fingerprint density at radius 1 is 1.31 bits per heavy atom. The summed E-state index contributed by atoms with van der Waals surface area (Å²) in [7, 11) is 0. The Labute approximate surface area is 197 Å². The number of Topliss-reactive ketones (excluding diaryl/α,β-unsaturated/α-hetero) is 1. The van der Waals surface area contributed by atoms with Crippen LogP contribution in [-0.4, -0.2) is 56.8 Å². The van der Waals surface area contributed by atoms with Gasteiger partial charge in [-0.25, -0.2) is 0 Å². The van der Waals surface area contributed by atoms with E-state index >= 15 is 0 Å². The van der Waals surface area contributed by atoms with Crippen molar-refractivity contribution in [2.45, 2.75) is 87.7 Å². The predicted molar refractivity (Wildman–Crippen MR) is 121 cm³/mol. The summed E-state index contributed by atoms with van der Waals surface area (Å²) >= 11 is 4.04. The van der Waals surface area contributed by atoms with Crippen LogP contribution < -0.4 is 0 Å². The van der Waals surface area contributed by atoms with Crippen LogP contribution in [0, 0.1) is 22.7 Å². The molecule has 1 aliphatic heterocycles. The highest BCUT2D eigenvalue weighted by molar-refractivity contribution is 9.10. The molecule has 0 aromatic rings. The summed E-state index contributed by atoms with van der Waals surface area (Å²) in [6, 6.07) is 0. The molecule has 4 fully saturated rings. The van der Waals surface area contributed by atoms with Gasteiger partial charge in [0.05, 0.1) is 16.5 Å². The van der Waals surface area contributed by atoms with Crippen LogP contribution in [0.1, 0.15) is 59.3 Å². The van der Waals surface area contributed by atoms with Crippen LogP contribution in [0.2, 0.25) is 0 Å². The lowest BCUT2D eigenvalue weighted by Gasteiger charge is -2.64. The fourth-order valence-corrected chi connectivity index (χ4v) is 9.11. The van der Waals surface area contributed by atoms with E-state index in [0.29, 0.717) is 19.3 Å². The number of ether oxygens (including phenoxy) is 2. The second-order valence-corrected chi connectivity index (χ2v) is 12.1. The normalized spacial score (nSPS) is 51.5. The molecule has 0 radical (unpaired) electrons. The summed E-state index contributed by atoms with van der Waals surface area (Å²) in [5.74, 6) is -0.222. The van der Waals surface area contributed by atoms with Crippen molar-refractivity contribution in [2.24, 2.45) is 22.7 Å². The smallest absolute Gasteiger partial charge is 0.193 e. The number of aliphatic hydroxyl groups is 2. The molecule has 1 saturated heterocycles. The molecule has 32 heavy (non-hydrogen) atoms. The van der Waals surface area contributed by atoms with Gasteiger partial charge in [0.1, 0.15) is 6.61 Å². The van der Waals surface area contributed by atoms with Crippen molar-refractivity contribution in [2.75, 3.05) is 6.61 Å². The molecular weight excluding hydrogens is 476 g/mol. The van der Waals surface area contributed by atoms with Crippen LogP contribution in [0.15, 0.2) is 23.8 Å². The number of aliphatic hydroxyl groups excluding tert-OH is 2. The van der Waals surface area contributed by atoms with Crippen LogP contribution in [-0.2, 0) is 19.1 Å². The molecule has 1 heterocycles. The molecule has 3 saturated carbocycles. The Bertz CT molecular complexity index is 914. The third kappa shape index (κ3) is 2.55. The van der Waals surface area contributed by atoms with E-state index < -0.39 is 45.9 Å². The molecule has 9 atom stereocenters. The van der Waals surface area contributed by atoms with E-state index in [0.717, 1.165) is 24.8 Å². The summed E-state index contributed by atoms with van der Waals surface area (Å²) in [6.07, 6.45) is 7.78. The molecule has 1 unspecified atom stereocenters. The largest absolute Gasteiger partial charge is 0.392 e. The van der Waals surface area contributed by atoms with Gasteiger partial charge in [-0.15, -0.1) is 0 Å². The number of halogens is 1. The number of ketones is 2. The van der Waals surface area contributed by atoms with E-state index in [2.05, 4.69) is 22.9 Å². The van der Waals surface area contributed by atoms with E-state index in [4.69, 9.17) is 9.47 Å². The maximum atomic E-state index is 13.3. The number of alkyl halides is 1. The SMILES string of the molecule is CCCC1O[C@@H]2C[C@H]3[C@@H]4CCC5=CC(=O)C=C[C@]5(C)[C@@]4(Br)[C@@H](O)C[C@]3(C)[C@@]2(C(=O)CO)O1. The highest BCUT2D eigenvalue weighted by Gasteiger charge is 2.78. The molecule has 7 heteroatoms. The van der Waals surface area contributed by atoms with Crippen LogP contribution in [0.4, 0.5) is 0 Å². The number of fused-ring (bicyclic) bond motifs is 7. The van der Waals surface area contributed by atoms with Gasteiger partial charge in [0.25, 0.3) is 0 Å². The first kappa shape index (κ1) is 22.9. The van der Waals surface area contributed by atoms with Crippen LogP contribution in [0.25, 0.3) is 0 Å². The fraction of sp³-hybridized carbons (Fsp3) is 0.760. The van der Waals surface area contributed by atoms with Gasteiger partial charge >= 0.3 is 0 Å². The van der Waals surface area contributed by atoms with Gasteiger partial charge in [0.2, 0.25) is 0 Å². The van der Waals surface area contributed by atoms with Crippen molar-refractivity contribution in [1.82, 2.24) is 0 Å². The average molecular weight is 509 g/mol. The van der Waals surface area contributed by atoms with Gasteiger partial charge in [0.15, 0.2) is 23.5 Å². The lowest BCUT2D eigenvalue weighted by molar-refractivity contribution is -0.195. The number of allylic oxidation sites excluding steroid dienone is 4. The molecule has 5 rings (SSSR count). The van der Waals surface area contributed by atoms with E-state index in [-0.39, 0.29) is 23.4 Å². The molecule has 0 aromatic carbocycles. The van der Waals surface area contributed by atoms with Crippen LogP contribution in [0.3, 0.4) is 0 Å². The molecule has 4 aliphatic carbocycles. The van der Waals surface area contributed by atoms with Crippen molar-refractivity contribution in [3.8, 4) is 0 Å². The Morgan fingerprint density at radius 3 is 2.75 bits per heavy atom. The first-order valence-corrected chi connectivity index (χ1v) is 12.7. The van der Waals surface area contributed by atoms with Gasteiger partial charge in [-0.05, 0) is 56.1 Å². The number of hydrogen-bond acceptors (Lipinski definition) is 6. The third-order valence-electron chi connectivity index (χ3n) is 9.52. The van der Waals surface area contributed by atoms with Gasteiger partial charge in [-0.1, -0.05) is 54.8 Å². The topological polar surface area (TPSA) is 93.1 Å². The fourth-order valence-electron chi connectivity index (χ4n) is 8.01. The zero-order valence-electron chi connectivity index (χ0n) is 19.0. The molecule has 2 N–H and O–H groups in total. The van der Waals surface area contributed by atoms with E-state index in [1.54, 1.807) is 12.2 Å². The van der Waals surface area contributed by atoms with Crippen LogP contribution >= 0.6 is 15.9 Å². The van der Waals surface area contributed by atoms with Gasteiger partial charge in [-0.3, -0.25) is 9.59 Å². The molecule has 0 spiro atoms. The zero-order valence-corrected chi connectivity index (χ0v) is 20.6. The highest BCUT2D eigenvalue weighted by Crippen LogP contribution is 2.72.